The minimum Gasteiger partial charge on any atom is -0.467 e. The van der Waals surface area contributed by atoms with Gasteiger partial charge in [0.15, 0.2) is 5.78 Å². The van der Waals surface area contributed by atoms with Crippen LogP contribution in [0.4, 0.5) is 4.79 Å². The average molecular weight is 268 g/mol. The van der Waals surface area contributed by atoms with Gasteiger partial charge in [-0.2, -0.15) is 5.10 Å². The first-order chi connectivity index (χ1) is 9.04. The second-order valence-electron chi connectivity index (χ2n) is 3.87. The molecule has 19 heavy (non-hydrogen) atoms. The van der Waals surface area contributed by atoms with E-state index in [0.29, 0.717) is 13.0 Å². The number of ketones is 1. The number of likely N-dealkylation sites (tertiary alicyclic amines) is 1. The standard InChI is InChI=1S/C11H16N4O4/c1-19-10(17)9-3-2-5-15(9)6-4-8(16)7-13-14-11(12)18/h4,6-7,9H,2-3,5H2,1H3,(H3,12,14,18)/b6-4+,13-7-/t9-/m1/s1. The van der Waals surface area contributed by atoms with Gasteiger partial charge in [-0.25, -0.2) is 15.0 Å². The third kappa shape index (κ3) is 4.78. The number of esters is 1. The molecule has 1 saturated heterocycles. The van der Waals surface area contributed by atoms with E-state index in [9.17, 15) is 14.4 Å². The molecule has 104 valence electrons. The van der Waals surface area contributed by atoms with Crippen LogP contribution < -0.4 is 11.2 Å². The lowest BCUT2D eigenvalue weighted by Gasteiger charge is -2.19. The van der Waals surface area contributed by atoms with Gasteiger partial charge in [-0.05, 0) is 12.8 Å². The highest BCUT2D eigenvalue weighted by molar-refractivity contribution is 6.32. The van der Waals surface area contributed by atoms with Gasteiger partial charge in [0.1, 0.15) is 6.04 Å². The van der Waals surface area contributed by atoms with E-state index in [4.69, 9.17) is 5.73 Å². The minimum atomic E-state index is -0.849. The quantitative estimate of drug-likeness (QED) is 0.298. The van der Waals surface area contributed by atoms with Crippen LogP contribution in [-0.2, 0) is 14.3 Å². The lowest BCUT2D eigenvalue weighted by Crippen LogP contribution is -2.33. The van der Waals surface area contributed by atoms with Crippen LogP contribution in [0.2, 0.25) is 0 Å². The second kappa shape index (κ2) is 7.14. The van der Waals surface area contributed by atoms with Crippen molar-refractivity contribution in [3.05, 3.63) is 12.3 Å². The summed E-state index contributed by atoms with van der Waals surface area (Å²) in [5.41, 5.74) is 6.67. The van der Waals surface area contributed by atoms with Crippen LogP contribution >= 0.6 is 0 Å². The first kappa shape index (κ1) is 14.7. The van der Waals surface area contributed by atoms with E-state index in [0.717, 1.165) is 12.6 Å². The van der Waals surface area contributed by atoms with Crippen LogP contribution in [0.5, 0.6) is 0 Å². The molecule has 1 atom stereocenters. The summed E-state index contributed by atoms with van der Waals surface area (Å²) in [7, 11) is 1.33. The molecule has 1 rings (SSSR count). The van der Waals surface area contributed by atoms with Gasteiger partial charge in [-0.1, -0.05) is 0 Å². The van der Waals surface area contributed by atoms with E-state index in [1.165, 1.54) is 19.4 Å². The first-order valence-electron chi connectivity index (χ1n) is 5.69. The summed E-state index contributed by atoms with van der Waals surface area (Å²) in [6, 6.07) is -1.20. The van der Waals surface area contributed by atoms with Crippen molar-refractivity contribution in [1.29, 1.82) is 0 Å². The van der Waals surface area contributed by atoms with Crippen molar-refractivity contribution < 1.29 is 19.1 Å². The number of ether oxygens (including phenoxy) is 1. The minimum absolute atomic E-state index is 0.321. The van der Waals surface area contributed by atoms with Crippen molar-refractivity contribution >= 4 is 24.0 Å². The van der Waals surface area contributed by atoms with E-state index in [1.54, 1.807) is 4.90 Å². The van der Waals surface area contributed by atoms with E-state index < -0.39 is 11.8 Å². The van der Waals surface area contributed by atoms with Crippen molar-refractivity contribution in [3.8, 4) is 0 Å². The van der Waals surface area contributed by atoms with E-state index in [1.807, 2.05) is 5.43 Å². The third-order valence-electron chi connectivity index (χ3n) is 2.56. The van der Waals surface area contributed by atoms with E-state index in [2.05, 4.69) is 9.84 Å². The zero-order valence-corrected chi connectivity index (χ0v) is 10.5. The molecule has 0 radical (unpaired) electrons. The SMILES string of the molecule is COC(=O)[C@H]1CCCN1/C=C/C(=O)/C=N\NC(N)=O. The molecule has 1 aliphatic rings. The lowest BCUT2D eigenvalue weighted by atomic mass is 10.2. The topological polar surface area (TPSA) is 114 Å². The number of carbonyl (C=O) groups excluding carboxylic acids is 3. The third-order valence-corrected chi connectivity index (χ3v) is 2.56. The van der Waals surface area contributed by atoms with Crippen molar-refractivity contribution in [1.82, 2.24) is 10.3 Å². The Morgan fingerprint density at radius 1 is 1.47 bits per heavy atom. The molecule has 1 fully saturated rings. The molecule has 8 nitrogen and oxygen atoms in total. The van der Waals surface area contributed by atoms with Crippen molar-refractivity contribution in [2.75, 3.05) is 13.7 Å². The second-order valence-corrected chi connectivity index (χ2v) is 3.87. The summed E-state index contributed by atoms with van der Waals surface area (Å²) < 4.78 is 4.68. The number of nitrogens with one attached hydrogen (secondary N) is 1. The number of primary amides is 1. The van der Waals surface area contributed by atoms with Crippen molar-refractivity contribution in [3.63, 3.8) is 0 Å². The number of nitrogens with two attached hydrogens (primary N) is 1. The Balaban J connectivity index is 2.51. The number of hydrogen-bond acceptors (Lipinski definition) is 6. The summed E-state index contributed by atoms with van der Waals surface area (Å²) in [5.74, 6) is -0.747. The number of rotatable bonds is 5. The highest BCUT2D eigenvalue weighted by Crippen LogP contribution is 2.18. The fourth-order valence-electron chi connectivity index (χ4n) is 1.73. The summed E-state index contributed by atoms with van der Waals surface area (Å²) in [5, 5.41) is 3.33. The zero-order chi connectivity index (χ0) is 14.3. The summed E-state index contributed by atoms with van der Waals surface area (Å²) in [4.78, 5) is 34.8. The summed E-state index contributed by atoms with van der Waals surface area (Å²) in [6.45, 7) is 0.681. The van der Waals surface area contributed by atoms with Gasteiger partial charge in [0.2, 0.25) is 0 Å². The Morgan fingerprint density at radius 2 is 2.21 bits per heavy atom. The van der Waals surface area contributed by atoms with Crippen molar-refractivity contribution in [2.45, 2.75) is 18.9 Å². The first-order valence-corrected chi connectivity index (χ1v) is 5.69. The van der Waals surface area contributed by atoms with Crippen LogP contribution in [-0.4, -0.2) is 48.6 Å². The molecular weight excluding hydrogens is 252 g/mol. The van der Waals surface area contributed by atoms with Gasteiger partial charge in [0, 0.05) is 18.8 Å². The van der Waals surface area contributed by atoms with Gasteiger partial charge in [-0.15, -0.1) is 0 Å². The largest absolute Gasteiger partial charge is 0.467 e. The van der Waals surface area contributed by atoms with Crippen LogP contribution in [0, 0.1) is 0 Å². The molecule has 0 aliphatic carbocycles. The van der Waals surface area contributed by atoms with Crippen LogP contribution in [0.25, 0.3) is 0 Å². The fourth-order valence-corrected chi connectivity index (χ4v) is 1.73. The molecular formula is C11H16N4O4. The molecule has 1 aliphatic heterocycles. The maximum Gasteiger partial charge on any atom is 0.332 e. The Kier molecular flexibility index (Phi) is 5.52. The van der Waals surface area contributed by atoms with Gasteiger partial charge in [0.25, 0.3) is 0 Å². The number of allylic oxidation sites excluding steroid dienone is 1. The molecule has 0 bridgehead atoms. The maximum atomic E-state index is 11.4. The molecule has 0 saturated carbocycles. The lowest BCUT2D eigenvalue weighted by molar-refractivity contribution is -0.145. The van der Waals surface area contributed by atoms with Gasteiger partial charge in [-0.3, -0.25) is 4.79 Å². The number of amides is 2. The van der Waals surface area contributed by atoms with Crippen LogP contribution in [0.15, 0.2) is 17.4 Å². The molecule has 2 amide bonds. The highest BCUT2D eigenvalue weighted by Gasteiger charge is 2.29. The number of carbonyl (C=O) groups is 3. The molecule has 8 heteroatoms. The Hall–Kier alpha value is -2.38. The fraction of sp³-hybridized carbons (Fsp3) is 0.455. The van der Waals surface area contributed by atoms with Crippen molar-refractivity contribution in [2.24, 2.45) is 10.8 Å². The molecule has 0 aromatic heterocycles. The normalized spacial score (nSPS) is 19.0. The smallest absolute Gasteiger partial charge is 0.332 e. The number of methoxy groups -OCH3 is 1. The molecule has 3 N–H and O–H groups in total. The van der Waals surface area contributed by atoms with Crippen LogP contribution in [0.1, 0.15) is 12.8 Å². The highest BCUT2D eigenvalue weighted by atomic mass is 16.5. The van der Waals surface area contributed by atoms with Gasteiger partial charge < -0.3 is 15.4 Å². The zero-order valence-electron chi connectivity index (χ0n) is 10.5. The molecule has 0 aromatic rings. The van der Waals surface area contributed by atoms with E-state index >= 15 is 0 Å². The monoisotopic (exact) mass is 268 g/mol. The van der Waals surface area contributed by atoms with E-state index in [-0.39, 0.29) is 12.0 Å². The number of hydrazone groups is 1. The Labute approximate surface area is 110 Å². The predicted molar refractivity (Wildman–Crippen MR) is 67.1 cm³/mol. The predicted octanol–water partition coefficient (Wildman–Crippen LogP) is -0.639. The molecule has 0 aromatic carbocycles. The average Bonchev–Trinajstić information content (AvgIpc) is 2.83. The molecule has 0 unspecified atom stereocenters. The number of nitrogens with zero attached hydrogens (tertiary/aromatic N) is 2. The summed E-state index contributed by atoms with van der Waals surface area (Å²) in [6.07, 6.45) is 5.25. The Morgan fingerprint density at radius 3 is 2.84 bits per heavy atom. The van der Waals surface area contributed by atoms with Gasteiger partial charge in [0.05, 0.1) is 13.3 Å². The molecule has 1 heterocycles. The summed E-state index contributed by atoms with van der Waals surface area (Å²) >= 11 is 0. The van der Waals surface area contributed by atoms with Crippen LogP contribution in [0.3, 0.4) is 0 Å². The number of urea groups is 1. The number of hydrogen-bond donors (Lipinski definition) is 2. The Bertz CT molecular complexity index is 419. The maximum absolute atomic E-state index is 11.4. The molecule has 0 spiro atoms. The van der Waals surface area contributed by atoms with Gasteiger partial charge >= 0.3 is 12.0 Å².